The van der Waals surface area contributed by atoms with E-state index >= 15 is 0 Å². The molecule has 0 aromatic heterocycles. The highest BCUT2D eigenvalue weighted by Crippen LogP contribution is 1.96. The SMILES string of the molecule is CC(C)=CC(C)(N)N. The second-order valence-electron chi connectivity index (χ2n) is 2.59. The van der Waals surface area contributed by atoms with Gasteiger partial charge in [0.05, 0.1) is 5.66 Å². The van der Waals surface area contributed by atoms with Gasteiger partial charge in [-0.2, -0.15) is 0 Å². The molecular formula is C6H14N2. The van der Waals surface area contributed by atoms with Gasteiger partial charge in [-0.15, -0.1) is 0 Å². The van der Waals surface area contributed by atoms with E-state index in [4.69, 9.17) is 11.5 Å². The molecule has 0 fully saturated rings. The number of allylic oxidation sites excluding steroid dienone is 1. The van der Waals surface area contributed by atoms with Gasteiger partial charge in [-0.3, -0.25) is 0 Å². The number of hydrogen-bond acceptors (Lipinski definition) is 2. The Kier molecular flexibility index (Phi) is 2.19. The van der Waals surface area contributed by atoms with Crippen molar-refractivity contribution >= 4 is 0 Å². The molecule has 0 aromatic carbocycles. The van der Waals surface area contributed by atoms with Crippen LogP contribution in [0.2, 0.25) is 0 Å². The van der Waals surface area contributed by atoms with Crippen LogP contribution in [0.15, 0.2) is 11.6 Å². The van der Waals surface area contributed by atoms with Gasteiger partial charge in [-0.1, -0.05) is 11.6 Å². The van der Waals surface area contributed by atoms with Crippen molar-refractivity contribution in [1.29, 1.82) is 0 Å². The summed E-state index contributed by atoms with van der Waals surface area (Å²) in [6.07, 6.45) is 1.83. The monoisotopic (exact) mass is 114 g/mol. The van der Waals surface area contributed by atoms with Crippen molar-refractivity contribution in [3.63, 3.8) is 0 Å². The van der Waals surface area contributed by atoms with Crippen LogP contribution in [0.5, 0.6) is 0 Å². The average molecular weight is 114 g/mol. The van der Waals surface area contributed by atoms with Crippen LogP contribution in [0.1, 0.15) is 20.8 Å². The molecule has 0 saturated carbocycles. The summed E-state index contributed by atoms with van der Waals surface area (Å²) < 4.78 is 0. The first-order valence-corrected chi connectivity index (χ1v) is 2.65. The van der Waals surface area contributed by atoms with Crippen molar-refractivity contribution in [1.82, 2.24) is 0 Å². The van der Waals surface area contributed by atoms with E-state index in [1.165, 1.54) is 0 Å². The first kappa shape index (κ1) is 7.66. The molecule has 0 heterocycles. The minimum atomic E-state index is -0.640. The van der Waals surface area contributed by atoms with Gasteiger partial charge < -0.3 is 11.5 Å². The predicted octanol–water partition coefficient (Wildman–Crippen LogP) is 0.586. The van der Waals surface area contributed by atoms with E-state index in [2.05, 4.69) is 0 Å². The Morgan fingerprint density at radius 3 is 1.75 bits per heavy atom. The second kappa shape index (κ2) is 2.29. The van der Waals surface area contributed by atoms with Crippen molar-refractivity contribution in [3.05, 3.63) is 11.6 Å². The largest absolute Gasteiger partial charge is 0.310 e. The van der Waals surface area contributed by atoms with Gasteiger partial charge in [0.2, 0.25) is 0 Å². The lowest BCUT2D eigenvalue weighted by molar-refractivity contribution is 0.613. The third kappa shape index (κ3) is 5.66. The molecule has 0 bridgehead atoms. The molecule has 0 atom stereocenters. The molecule has 0 aromatic rings. The lowest BCUT2D eigenvalue weighted by Gasteiger charge is -2.12. The molecule has 8 heavy (non-hydrogen) atoms. The molecule has 0 amide bonds. The fourth-order valence-electron chi connectivity index (χ4n) is 0.622. The van der Waals surface area contributed by atoms with Gasteiger partial charge in [-0.25, -0.2) is 0 Å². The number of nitrogens with two attached hydrogens (primary N) is 2. The third-order valence-electron chi connectivity index (χ3n) is 0.600. The molecule has 0 radical (unpaired) electrons. The molecule has 0 unspecified atom stereocenters. The molecule has 0 spiro atoms. The summed E-state index contributed by atoms with van der Waals surface area (Å²) in [6.45, 7) is 5.70. The molecule has 48 valence electrons. The predicted molar refractivity (Wildman–Crippen MR) is 36.2 cm³/mol. The fourth-order valence-corrected chi connectivity index (χ4v) is 0.622. The van der Waals surface area contributed by atoms with E-state index in [-0.39, 0.29) is 0 Å². The van der Waals surface area contributed by atoms with Gasteiger partial charge in [0.25, 0.3) is 0 Å². The Morgan fingerprint density at radius 1 is 1.38 bits per heavy atom. The Labute approximate surface area is 50.6 Å². The summed E-state index contributed by atoms with van der Waals surface area (Å²) in [5, 5.41) is 0. The fraction of sp³-hybridized carbons (Fsp3) is 0.667. The molecule has 0 rings (SSSR count). The first-order valence-electron chi connectivity index (χ1n) is 2.65. The molecule has 0 saturated heterocycles. The molecule has 2 heteroatoms. The van der Waals surface area contributed by atoms with E-state index in [0.29, 0.717) is 0 Å². The number of hydrogen-bond donors (Lipinski definition) is 2. The summed E-state index contributed by atoms with van der Waals surface area (Å²) >= 11 is 0. The zero-order chi connectivity index (χ0) is 6.78. The Balaban J connectivity index is 3.89. The third-order valence-corrected chi connectivity index (χ3v) is 0.600. The maximum Gasteiger partial charge on any atom is 0.0801 e. The molecule has 0 aliphatic carbocycles. The zero-order valence-corrected chi connectivity index (χ0v) is 5.73. The van der Waals surface area contributed by atoms with Crippen molar-refractivity contribution in [2.45, 2.75) is 26.4 Å². The maximum absolute atomic E-state index is 5.44. The van der Waals surface area contributed by atoms with Gasteiger partial charge in [0.15, 0.2) is 0 Å². The van der Waals surface area contributed by atoms with Crippen LogP contribution in [-0.4, -0.2) is 5.66 Å². The van der Waals surface area contributed by atoms with Gasteiger partial charge in [0.1, 0.15) is 0 Å². The van der Waals surface area contributed by atoms with Gasteiger partial charge in [0, 0.05) is 0 Å². The van der Waals surface area contributed by atoms with Crippen LogP contribution in [0.3, 0.4) is 0 Å². The van der Waals surface area contributed by atoms with Gasteiger partial charge in [-0.05, 0) is 20.8 Å². The van der Waals surface area contributed by atoms with Crippen molar-refractivity contribution < 1.29 is 0 Å². The zero-order valence-electron chi connectivity index (χ0n) is 5.73. The Hall–Kier alpha value is -0.340. The molecule has 4 N–H and O–H groups in total. The molecule has 2 nitrogen and oxygen atoms in total. The van der Waals surface area contributed by atoms with Gasteiger partial charge >= 0.3 is 0 Å². The summed E-state index contributed by atoms with van der Waals surface area (Å²) in [4.78, 5) is 0. The summed E-state index contributed by atoms with van der Waals surface area (Å²) in [5.74, 6) is 0. The second-order valence-corrected chi connectivity index (χ2v) is 2.59. The van der Waals surface area contributed by atoms with E-state index in [9.17, 15) is 0 Å². The summed E-state index contributed by atoms with van der Waals surface area (Å²) in [6, 6.07) is 0. The van der Waals surface area contributed by atoms with Crippen molar-refractivity contribution in [3.8, 4) is 0 Å². The Bertz CT molecular complexity index is 93.6. The van der Waals surface area contributed by atoms with E-state index < -0.39 is 5.66 Å². The molecule has 0 aliphatic heterocycles. The van der Waals surface area contributed by atoms with Crippen LogP contribution in [0.4, 0.5) is 0 Å². The quantitative estimate of drug-likeness (QED) is 0.387. The summed E-state index contributed by atoms with van der Waals surface area (Å²) in [7, 11) is 0. The smallest absolute Gasteiger partial charge is 0.0801 e. The average Bonchev–Trinajstić information content (AvgIpc) is 1.21. The lowest BCUT2D eigenvalue weighted by Crippen LogP contribution is -2.43. The van der Waals surface area contributed by atoms with E-state index in [1.807, 2.05) is 19.9 Å². The van der Waals surface area contributed by atoms with Crippen LogP contribution in [-0.2, 0) is 0 Å². The van der Waals surface area contributed by atoms with Crippen LogP contribution < -0.4 is 11.5 Å². The minimum Gasteiger partial charge on any atom is -0.310 e. The van der Waals surface area contributed by atoms with Crippen LogP contribution in [0.25, 0.3) is 0 Å². The highest BCUT2D eigenvalue weighted by Gasteiger charge is 2.03. The van der Waals surface area contributed by atoms with E-state index in [0.717, 1.165) is 5.57 Å². The van der Waals surface area contributed by atoms with E-state index in [1.54, 1.807) is 6.92 Å². The highest BCUT2D eigenvalue weighted by molar-refractivity contribution is 5.04. The highest BCUT2D eigenvalue weighted by atomic mass is 14.9. The normalized spacial score (nSPS) is 11.1. The van der Waals surface area contributed by atoms with Crippen molar-refractivity contribution in [2.24, 2.45) is 11.5 Å². The van der Waals surface area contributed by atoms with Crippen LogP contribution in [0, 0.1) is 0 Å². The first-order chi connectivity index (χ1) is 3.42. The minimum absolute atomic E-state index is 0.640. The lowest BCUT2D eigenvalue weighted by atomic mass is 10.1. The maximum atomic E-state index is 5.44. The van der Waals surface area contributed by atoms with Crippen LogP contribution >= 0.6 is 0 Å². The summed E-state index contributed by atoms with van der Waals surface area (Å²) in [5.41, 5.74) is 11.4. The topological polar surface area (TPSA) is 52.0 Å². The Morgan fingerprint density at radius 2 is 1.75 bits per heavy atom. The molecule has 0 aliphatic rings. The number of rotatable bonds is 1. The van der Waals surface area contributed by atoms with Crippen molar-refractivity contribution in [2.75, 3.05) is 0 Å². The molecular weight excluding hydrogens is 100 g/mol. The standard InChI is InChI=1S/C6H14N2/c1-5(2)4-6(3,7)8/h4H,7-8H2,1-3H3.